The second kappa shape index (κ2) is 6.91. The zero-order valence-corrected chi connectivity index (χ0v) is 15.6. The number of aromatic amines is 1. The summed E-state index contributed by atoms with van der Waals surface area (Å²) in [4.78, 5) is 28.4. The van der Waals surface area contributed by atoms with Gasteiger partial charge in [-0.05, 0) is 30.3 Å². The fourth-order valence-corrected chi connectivity index (χ4v) is 3.76. The summed E-state index contributed by atoms with van der Waals surface area (Å²) in [7, 11) is 0. The Morgan fingerprint density at radius 1 is 0.690 bits per heavy atom. The molecule has 2 amide bonds. The molecule has 1 fully saturated rings. The van der Waals surface area contributed by atoms with E-state index < -0.39 is 0 Å². The molecule has 142 valence electrons. The lowest BCUT2D eigenvalue weighted by Gasteiger charge is -2.19. The van der Waals surface area contributed by atoms with Crippen LogP contribution < -0.4 is 15.4 Å². The number of benzene rings is 3. The minimum Gasteiger partial charge on any atom is -0.292 e. The maximum Gasteiger partial charge on any atom is 0.329 e. The van der Waals surface area contributed by atoms with Crippen molar-refractivity contribution in [2.45, 2.75) is 0 Å². The number of anilines is 2. The number of fused-ring (bicyclic) bond motifs is 1. The maximum atomic E-state index is 12.9. The standard InChI is InChI=1S/C23H18N4O2/c28-22-20-9-5-4-8-19(20)21(24-25-22)16-10-12-18(13-11-16)27-15-14-26(23(27)29)17-6-2-1-3-7-17/h1-13H,14-15H2,(H,25,28). The molecule has 3 aromatic carbocycles. The van der Waals surface area contributed by atoms with Crippen LogP contribution in [-0.2, 0) is 0 Å². The van der Waals surface area contributed by atoms with Crippen molar-refractivity contribution in [3.8, 4) is 11.3 Å². The first-order valence-corrected chi connectivity index (χ1v) is 9.44. The SMILES string of the molecule is O=C1N(c2ccccc2)CCN1c1ccc(-c2n[nH]c(=O)c3ccccc23)cc1. The Kier molecular flexibility index (Phi) is 4.09. The summed E-state index contributed by atoms with van der Waals surface area (Å²) in [6.45, 7) is 1.28. The number of aromatic nitrogens is 2. The third kappa shape index (κ3) is 2.95. The Labute approximate surface area is 167 Å². The molecule has 0 bridgehead atoms. The van der Waals surface area contributed by atoms with Crippen LogP contribution in [0.5, 0.6) is 0 Å². The molecule has 0 aliphatic carbocycles. The van der Waals surface area contributed by atoms with Crippen LogP contribution in [0.2, 0.25) is 0 Å². The summed E-state index contributed by atoms with van der Waals surface area (Å²) < 4.78 is 0. The average Bonchev–Trinajstić information content (AvgIpc) is 3.16. The van der Waals surface area contributed by atoms with E-state index in [0.29, 0.717) is 24.2 Å². The smallest absolute Gasteiger partial charge is 0.292 e. The molecular weight excluding hydrogens is 364 g/mol. The highest BCUT2D eigenvalue weighted by Crippen LogP contribution is 2.29. The number of amides is 2. The number of carbonyl (C=O) groups excluding carboxylic acids is 1. The molecule has 2 heterocycles. The van der Waals surface area contributed by atoms with Crippen LogP contribution >= 0.6 is 0 Å². The molecule has 6 nitrogen and oxygen atoms in total. The fourth-order valence-electron chi connectivity index (χ4n) is 3.76. The Bertz CT molecular complexity index is 1250. The van der Waals surface area contributed by atoms with Crippen LogP contribution in [0.1, 0.15) is 0 Å². The van der Waals surface area contributed by atoms with E-state index in [2.05, 4.69) is 10.2 Å². The van der Waals surface area contributed by atoms with Crippen molar-refractivity contribution in [2.75, 3.05) is 22.9 Å². The van der Waals surface area contributed by atoms with Gasteiger partial charge in [0.15, 0.2) is 0 Å². The lowest BCUT2D eigenvalue weighted by molar-refractivity contribution is 0.256. The van der Waals surface area contributed by atoms with Gasteiger partial charge in [0, 0.05) is 35.4 Å². The Morgan fingerprint density at radius 2 is 1.28 bits per heavy atom. The number of para-hydroxylation sites is 1. The second-order valence-corrected chi connectivity index (χ2v) is 6.92. The average molecular weight is 382 g/mol. The Morgan fingerprint density at radius 3 is 1.97 bits per heavy atom. The highest BCUT2D eigenvalue weighted by Gasteiger charge is 2.30. The van der Waals surface area contributed by atoms with Crippen LogP contribution in [0.25, 0.3) is 22.0 Å². The number of rotatable bonds is 3. The molecule has 1 N–H and O–H groups in total. The van der Waals surface area contributed by atoms with Crippen molar-refractivity contribution >= 4 is 28.2 Å². The minimum atomic E-state index is -0.204. The van der Waals surface area contributed by atoms with Crippen molar-refractivity contribution in [1.29, 1.82) is 0 Å². The maximum absolute atomic E-state index is 12.9. The van der Waals surface area contributed by atoms with E-state index in [1.165, 1.54) is 0 Å². The molecule has 5 rings (SSSR count). The van der Waals surface area contributed by atoms with Crippen molar-refractivity contribution in [3.05, 3.63) is 89.2 Å². The van der Waals surface area contributed by atoms with Gasteiger partial charge in [-0.3, -0.25) is 14.6 Å². The van der Waals surface area contributed by atoms with Crippen molar-refractivity contribution in [2.24, 2.45) is 0 Å². The van der Waals surface area contributed by atoms with E-state index >= 15 is 0 Å². The quantitative estimate of drug-likeness (QED) is 0.581. The molecule has 0 atom stereocenters. The summed E-state index contributed by atoms with van der Waals surface area (Å²) in [5.74, 6) is 0. The van der Waals surface area contributed by atoms with E-state index in [0.717, 1.165) is 22.3 Å². The molecule has 1 saturated heterocycles. The molecule has 6 heteroatoms. The monoisotopic (exact) mass is 382 g/mol. The molecule has 0 saturated carbocycles. The number of nitrogens with zero attached hydrogens (tertiary/aromatic N) is 3. The zero-order valence-electron chi connectivity index (χ0n) is 15.6. The molecule has 1 aliphatic heterocycles. The van der Waals surface area contributed by atoms with E-state index in [-0.39, 0.29) is 11.6 Å². The van der Waals surface area contributed by atoms with Gasteiger partial charge in [0.25, 0.3) is 5.56 Å². The lowest BCUT2D eigenvalue weighted by Crippen LogP contribution is -2.31. The number of urea groups is 1. The summed E-state index contributed by atoms with van der Waals surface area (Å²) in [6, 6.07) is 24.8. The highest BCUT2D eigenvalue weighted by atomic mass is 16.2. The first-order valence-electron chi connectivity index (χ1n) is 9.44. The second-order valence-electron chi connectivity index (χ2n) is 6.92. The Balaban J connectivity index is 1.45. The normalized spacial score (nSPS) is 14.0. The molecule has 1 aromatic heterocycles. The van der Waals surface area contributed by atoms with Gasteiger partial charge in [0.05, 0.1) is 11.1 Å². The van der Waals surface area contributed by atoms with Crippen LogP contribution in [0.15, 0.2) is 83.7 Å². The summed E-state index contributed by atoms with van der Waals surface area (Å²) in [6.07, 6.45) is 0. The molecule has 1 aliphatic rings. The Hall–Kier alpha value is -3.93. The van der Waals surface area contributed by atoms with Crippen LogP contribution in [0.4, 0.5) is 16.2 Å². The number of hydrogen-bond acceptors (Lipinski definition) is 3. The zero-order chi connectivity index (χ0) is 19.8. The van der Waals surface area contributed by atoms with Crippen molar-refractivity contribution in [3.63, 3.8) is 0 Å². The molecule has 0 spiro atoms. The number of nitrogens with one attached hydrogen (secondary N) is 1. The van der Waals surface area contributed by atoms with Crippen LogP contribution in [0, 0.1) is 0 Å². The number of hydrogen-bond donors (Lipinski definition) is 1. The summed E-state index contributed by atoms with van der Waals surface area (Å²) >= 11 is 0. The van der Waals surface area contributed by atoms with Gasteiger partial charge in [-0.25, -0.2) is 9.89 Å². The fraction of sp³-hybridized carbons (Fsp3) is 0.0870. The first kappa shape index (κ1) is 17.2. The molecule has 0 radical (unpaired) electrons. The predicted molar refractivity (Wildman–Crippen MR) is 114 cm³/mol. The minimum absolute atomic E-state index is 0.0310. The molecular formula is C23H18N4O2. The van der Waals surface area contributed by atoms with Gasteiger partial charge >= 0.3 is 6.03 Å². The van der Waals surface area contributed by atoms with E-state index in [9.17, 15) is 9.59 Å². The van der Waals surface area contributed by atoms with Gasteiger partial charge in [0.1, 0.15) is 0 Å². The van der Waals surface area contributed by atoms with E-state index in [1.807, 2.05) is 72.8 Å². The van der Waals surface area contributed by atoms with Crippen molar-refractivity contribution in [1.82, 2.24) is 10.2 Å². The van der Waals surface area contributed by atoms with Gasteiger partial charge in [-0.1, -0.05) is 48.5 Å². The number of H-pyrrole nitrogens is 1. The van der Waals surface area contributed by atoms with E-state index in [4.69, 9.17) is 0 Å². The van der Waals surface area contributed by atoms with Gasteiger partial charge in [-0.2, -0.15) is 5.10 Å². The molecule has 0 unspecified atom stereocenters. The van der Waals surface area contributed by atoms with Gasteiger partial charge in [-0.15, -0.1) is 0 Å². The first-order chi connectivity index (χ1) is 14.2. The van der Waals surface area contributed by atoms with Crippen LogP contribution in [0.3, 0.4) is 0 Å². The summed E-state index contributed by atoms with van der Waals surface area (Å²) in [5.41, 5.74) is 3.13. The predicted octanol–water partition coefficient (Wildman–Crippen LogP) is 4.04. The topological polar surface area (TPSA) is 69.3 Å². The van der Waals surface area contributed by atoms with Crippen LogP contribution in [-0.4, -0.2) is 29.3 Å². The lowest BCUT2D eigenvalue weighted by atomic mass is 10.0. The summed E-state index contributed by atoms with van der Waals surface area (Å²) in [5, 5.41) is 8.22. The molecule has 29 heavy (non-hydrogen) atoms. The third-order valence-corrected chi connectivity index (χ3v) is 5.23. The van der Waals surface area contributed by atoms with E-state index in [1.54, 1.807) is 15.9 Å². The molecule has 4 aromatic rings. The third-order valence-electron chi connectivity index (χ3n) is 5.23. The van der Waals surface area contributed by atoms with Gasteiger partial charge < -0.3 is 0 Å². The number of carbonyl (C=O) groups is 1. The van der Waals surface area contributed by atoms with Gasteiger partial charge in [0.2, 0.25) is 0 Å². The largest absolute Gasteiger partial charge is 0.329 e. The van der Waals surface area contributed by atoms with Crippen molar-refractivity contribution < 1.29 is 4.79 Å². The highest BCUT2D eigenvalue weighted by molar-refractivity contribution is 6.06.